The number of hydrogen-bond acceptors (Lipinski definition) is 4. The molecule has 0 bridgehead atoms. The van der Waals surface area contributed by atoms with Crippen molar-refractivity contribution in [3.63, 3.8) is 0 Å². The smallest absolute Gasteiger partial charge is 0.241 e. The molecule has 0 fully saturated rings. The number of carbonyl (C=O) groups is 1. The van der Waals surface area contributed by atoms with Crippen LogP contribution in [0.1, 0.15) is 6.42 Å². The van der Waals surface area contributed by atoms with E-state index < -0.39 is 0 Å². The Hall–Kier alpha value is -2.22. The first-order chi connectivity index (χ1) is 12.5. The standard InChI is InChI=1S/C17H17Cl2N3O3S/c1-24-12-3-5-13(6-4-12)25-9-8-16(23)21-22-17(26)20-15-10-11(18)2-7-14(15)19/h2-7,10H,8-9H2,1H3,(H,21,23)(H2,20,22,26). The molecule has 0 aliphatic carbocycles. The van der Waals surface area contributed by atoms with Crippen molar-refractivity contribution in [2.45, 2.75) is 6.42 Å². The van der Waals surface area contributed by atoms with E-state index in [4.69, 9.17) is 44.9 Å². The van der Waals surface area contributed by atoms with Gasteiger partial charge in [0.25, 0.3) is 0 Å². The lowest BCUT2D eigenvalue weighted by molar-refractivity contribution is -0.122. The zero-order chi connectivity index (χ0) is 18.9. The molecule has 0 atom stereocenters. The largest absolute Gasteiger partial charge is 0.497 e. The van der Waals surface area contributed by atoms with Crippen LogP contribution >= 0.6 is 35.4 Å². The average Bonchev–Trinajstić information content (AvgIpc) is 2.63. The number of ether oxygens (including phenoxy) is 2. The molecular formula is C17H17Cl2N3O3S. The Morgan fingerprint density at radius 2 is 1.77 bits per heavy atom. The van der Waals surface area contributed by atoms with Gasteiger partial charge < -0.3 is 14.8 Å². The van der Waals surface area contributed by atoms with Gasteiger partial charge in [0.15, 0.2) is 5.11 Å². The van der Waals surface area contributed by atoms with Crippen molar-refractivity contribution in [1.29, 1.82) is 0 Å². The third-order valence-electron chi connectivity index (χ3n) is 3.15. The lowest BCUT2D eigenvalue weighted by Gasteiger charge is -2.13. The summed E-state index contributed by atoms with van der Waals surface area (Å²) in [5, 5.41) is 3.99. The summed E-state index contributed by atoms with van der Waals surface area (Å²) in [5.41, 5.74) is 5.60. The Morgan fingerprint density at radius 1 is 1.08 bits per heavy atom. The summed E-state index contributed by atoms with van der Waals surface area (Å²) < 4.78 is 10.5. The minimum atomic E-state index is -0.278. The summed E-state index contributed by atoms with van der Waals surface area (Å²) in [7, 11) is 1.59. The fraction of sp³-hybridized carbons (Fsp3) is 0.176. The van der Waals surface area contributed by atoms with Crippen molar-refractivity contribution in [1.82, 2.24) is 10.9 Å². The molecule has 0 radical (unpaired) electrons. The maximum atomic E-state index is 11.8. The first-order valence-electron chi connectivity index (χ1n) is 7.55. The molecule has 9 heteroatoms. The van der Waals surface area contributed by atoms with Crippen molar-refractivity contribution in [2.24, 2.45) is 0 Å². The van der Waals surface area contributed by atoms with Crippen molar-refractivity contribution in [2.75, 3.05) is 19.0 Å². The van der Waals surface area contributed by atoms with Gasteiger partial charge in [0, 0.05) is 5.02 Å². The van der Waals surface area contributed by atoms with E-state index in [0.717, 1.165) is 5.75 Å². The van der Waals surface area contributed by atoms with E-state index in [2.05, 4.69) is 16.2 Å². The molecule has 2 aromatic rings. The normalized spacial score (nSPS) is 9.96. The van der Waals surface area contributed by atoms with Crippen LogP contribution in [-0.4, -0.2) is 24.7 Å². The minimum absolute atomic E-state index is 0.152. The van der Waals surface area contributed by atoms with Gasteiger partial charge in [-0.1, -0.05) is 23.2 Å². The van der Waals surface area contributed by atoms with Gasteiger partial charge in [-0.15, -0.1) is 0 Å². The summed E-state index contributed by atoms with van der Waals surface area (Å²) in [6, 6.07) is 12.0. The van der Waals surface area contributed by atoms with E-state index >= 15 is 0 Å². The molecule has 0 saturated carbocycles. The van der Waals surface area contributed by atoms with Gasteiger partial charge in [0.05, 0.1) is 30.8 Å². The van der Waals surface area contributed by atoms with Crippen molar-refractivity contribution < 1.29 is 14.3 Å². The molecule has 0 aromatic heterocycles. The van der Waals surface area contributed by atoms with Crippen LogP contribution in [0.4, 0.5) is 5.69 Å². The number of hydrazine groups is 1. The Balaban J connectivity index is 1.69. The molecule has 6 nitrogen and oxygen atoms in total. The van der Waals surface area contributed by atoms with Crippen LogP contribution < -0.4 is 25.6 Å². The lowest BCUT2D eigenvalue weighted by atomic mass is 10.3. The monoisotopic (exact) mass is 413 g/mol. The number of halogens is 2. The van der Waals surface area contributed by atoms with Crippen LogP contribution in [0.5, 0.6) is 11.5 Å². The fourth-order valence-electron chi connectivity index (χ4n) is 1.87. The number of rotatable bonds is 6. The second-order valence-corrected chi connectivity index (χ2v) is 6.28. The van der Waals surface area contributed by atoms with Crippen LogP contribution in [-0.2, 0) is 4.79 Å². The fourth-order valence-corrected chi connectivity index (χ4v) is 2.37. The van der Waals surface area contributed by atoms with E-state index in [0.29, 0.717) is 21.5 Å². The number of carbonyl (C=O) groups excluding carboxylic acids is 1. The number of thiocarbonyl (C=S) groups is 1. The maximum Gasteiger partial charge on any atom is 0.241 e. The highest BCUT2D eigenvalue weighted by molar-refractivity contribution is 7.80. The quantitative estimate of drug-likeness (QED) is 0.494. The Bertz CT molecular complexity index is 772. The van der Waals surface area contributed by atoms with E-state index in [1.165, 1.54) is 0 Å². The molecule has 26 heavy (non-hydrogen) atoms. The van der Waals surface area contributed by atoms with Crippen LogP contribution in [0.15, 0.2) is 42.5 Å². The predicted octanol–water partition coefficient (Wildman–Crippen LogP) is 3.79. The number of nitrogens with one attached hydrogen (secondary N) is 3. The molecule has 138 valence electrons. The van der Waals surface area contributed by atoms with Crippen LogP contribution in [0, 0.1) is 0 Å². The average molecular weight is 414 g/mol. The molecule has 0 unspecified atom stereocenters. The summed E-state index contributed by atoms with van der Waals surface area (Å²) in [4.78, 5) is 11.8. The molecule has 1 amide bonds. The summed E-state index contributed by atoms with van der Waals surface area (Å²) in [5.74, 6) is 1.11. The molecule has 2 aromatic carbocycles. The zero-order valence-electron chi connectivity index (χ0n) is 13.8. The third kappa shape index (κ3) is 6.59. The predicted molar refractivity (Wildman–Crippen MR) is 107 cm³/mol. The van der Waals surface area contributed by atoms with Crippen molar-refractivity contribution in [3.8, 4) is 11.5 Å². The SMILES string of the molecule is COc1ccc(OCCC(=O)NNC(=S)Nc2cc(Cl)ccc2Cl)cc1. The molecule has 0 spiro atoms. The van der Waals surface area contributed by atoms with Gasteiger partial charge in [0.2, 0.25) is 5.91 Å². The van der Waals surface area contributed by atoms with Crippen molar-refractivity contribution in [3.05, 3.63) is 52.5 Å². The summed E-state index contributed by atoms with van der Waals surface area (Å²) in [6.45, 7) is 0.222. The number of methoxy groups -OCH3 is 1. The molecule has 0 heterocycles. The number of amides is 1. The first-order valence-corrected chi connectivity index (χ1v) is 8.72. The van der Waals surface area contributed by atoms with Crippen LogP contribution in [0.25, 0.3) is 0 Å². The van der Waals surface area contributed by atoms with Crippen LogP contribution in [0.2, 0.25) is 10.0 Å². The molecule has 0 aliphatic heterocycles. The van der Waals surface area contributed by atoms with E-state index in [1.807, 2.05) is 0 Å². The molecule has 2 rings (SSSR count). The van der Waals surface area contributed by atoms with Gasteiger partial charge in [-0.3, -0.25) is 15.6 Å². The third-order valence-corrected chi connectivity index (χ3v) is 3.92. The first kappa shape index (κ1) is 20.1. The zero-order valence-corrected chi connectivity index (χ0v) is 16.2. The molecule has 3 N–H and O–H groups in total. The molecular weight excluding hydrogens is 397 g/mol. The Morgan fingerprint density at radius 3 is 2.46 bits per heavy atom. The Kier molecular flexibility index (Phi) is 7.77. The molecule has 0 aliphatic rings. The van der Waals surface area contributed by atoms with E-state index in [1.54, 1.807) is 49.6 Å². The summed E-state index contributed by atoms with van der Waals surface area (Å²) in [6.07, 6.45) is 0.152. The summed E-state index contributed by atoms with van der Waals surface area (Å²) >= 11 is 17.0. The van der Waals surface area contributed by atoms with Gasteiger partial charge in [-0.2, -0.15) is 0 Å². The van der Waals surface area contributed by atoms with Gasteiger partial charge in [0.1, 0.15) is 11.5 Å². The minimum Gasteiger partial charge on any atom is -0.497 e. The van der Waals surface area contributed by atoms with E-state index in [-0.39, 0.29) is 24.0 Å². The number of benzene rings is 2. The van der Waals surface area contributed by atoms with Gasteiger partial charge in [-0.25, -0.2) is 0 Å². The Labute approximate surface area is 166 Å². The maximum absolute atomic E-state index is 11.8. The second-order valence-electron chi connectivity index (χ2n) is 5.03. The van der Waals surface area contributed by atoms with Gasteiger partial charge >= 0.3 is 0 Å². The number of hydrogen-bond donors (Lipinski definition) is 3. The second kappa shape index (κ2) is 10.1. The number of anilines is 1. The highest BCUT2D eigenvalue weighted by Gasteiger charge is 2.06. The lowest BCUT2D eigenvalue weighted by Crippen LogP contribution is -2.44. The van der Waals surface area contributed by atoms with E-state index in [9.17, 15) is 4.79 Å². The highest BCUT2D eigenvalue weighted by atomic mass is 35.5. The molecule has 0 saturated heterocycles. The topological polar surface area (TPSA) is 71.6 Å². The highest BCUT2D eigenvalue weighted by Crippen LogP contribution is 2.25. The van der Waals surface area contributed by atoms with Crippen molar-refractivity contribution >= 4 is 52.1 Å². The van der Waals surface area contributed by atoms with Crippen LogP contribution in [0.3, 0.4) is 0 Å². The van der Waals surface area contributed by atoms with Gasteiger partial charge in [-0.05, 0) is 54.7 Å².